The first-order valence-electron chi connectivity index (χ1n) is 4.37. The van der Waals surface area contributed by atoms with Crippen molar-refractivity contribution in [3.8, 4) is 0 Å². The first kappa shape index (κ1) is 7.74. The molecule has 12 heavy (non-hydrogen) atoms. The molecular weight excluding hydrogens is 152 g/mol. The number of carbonyl (C=O) groups excluding carboxylic acids is 1. The molecule has 0 saturated heterocycles. The average molecular weight is 164 g/mol. The minimum Gasteiger partial charge on any atom is -0.392 e. The van der Waals surface area contributed by atoms with Crippen molar-refractivity contribution < 1.29 is 9.90 Å². The third-order valence-electron chi connectivity index (χ3n) is 2.65. The highest BCUT2D eigenvalue weighted by atomic mass is 16.3. The van der Waals surface area contributed by atoms with E-state index in [1.165, 1.54) is 0 Å². The number of hydrogen-bond donors (Lipinski definition) is 1. The van der Waals surface area contributed by atoms with Crippen molar-refractivity contribution in [2.24, 2.45) is 5.92 Å². The molecule has 2 aliphatic rings. The third kappa shape index (κ3) is 1.12. The Morgan fingerprint density at radius 2 is 2.33 bits per heavy atom. The summed E-state index contributed by atoms with van der Waals surface area (Å²) in [5.41, 5.74) is 0.830. The van der Waals surface area contributed by atoms with Gasteiger partial charge in [0, 0.05) is 17.9 Å². The highest BCUT2D eigenvalue weighted by Gasteiger charge is 2.32. The molecule has 2 nitrogen and oxygen atoms in total. The van der Waals surface area contributed by atoms with E-state index < -0.39 is 0 Å². The number of Topliss-reactive ketones (excluding diaryl/α,β-unsaturated/α-hetero) is 1. The molecule has 2 unspecified atom stereocenters. The van der Waals surface area contributed by atoms with Crippen LogP contribution in [0.5, 0.6) is 0 Å². The molecule has 2 aliphatic carbocycles. The summed E-state index contributed by atoms with van der Waals surface area (Å²) < 4.78 is 0. The number of allylic oxidation sites excluding steroid dienone is 3. The van der Waals surface area contributed by atoms with Gasteiger partial charge in [-0.15, -0.1) is 0 Å². The van der Waals surface area contributed by atoms with Crippen molar-refractivity contribution in [2.75, 3.05) is 0 Å². The van der Waals surface area contributed by atoms with Gasteiger partial charge < -0.3 is 5.11 Å². The van der Waals surface area contributed by atoms with Gasteiger partial charge in [0.05, 0.1) is 6.10 Å². The van der Waals surface area contributed by atoms with Gasteiger partial charge >= 0.3 is 0 Å². The lowest BCUT2D eigenvalue weighted by Gasteiger charge is -2.29. The first-order chi connectivity index (χ1) is 5.79. The quantitative estimate of drug-likeness (QED) is 0.584. The summed E-state index contributed by atoms with van der Waals surface area (Å²) in [6.07, 6.45) is 7.42. The summed E-state index contributed by atoms with van der Waals surface area (Å²) in [7, 11) is 0. The Morgan fingerprint density at radius 1 is 1.50 bits per heavy atom. The van der Waals surface area contributed by atoms with E-state index >= 15 is 0 Å². The summed E-state index contributed by atoms with van der Waals surface area (Å²) in [6.45, 7) is 0. The number of aliphatic hydroxyl groups excluding tert-OH is 1. The van der Waals surface area contributed by atoms with E-state index in [-0.39, 0.29) is 17.8 Å². The number of ketones is 1. The Bertz CT molecular complexity index is 263. The van der Waals surface area contributed by atoms with Crippen LogP contribution in [0.1, 0.15) is 19.3 Å². The average Bonchev–Trinajstić information content (AvgIpc) is 2.12. The molecule has 0 amide bonds. The fourth-order valence-corrected chi connectivity index (χ4v) is 1.94. The van der Waals surface area contributed by atoms with Crippen LogP contribution in [0.15, 0.2) is 23.8 Å². The molecule has 0 aromatic heterocycles. The molecule has 1 fully saturated rings. The minimum atomic E-state index is -0.307. The van der Waals surface area contributed by atoms with E-state index in [1.54, 1.807) is 0 Å². The topological polar surface area (TPSA) is 37.3 Å². The van der Waals surface area contributed by atoms with Gasteiger partial charge in [-0.1, -0.05) is 18.2 Å². The predicted octanol–water partition coefficient (Wildman–Crippen LogP) is 1.21. The molecule has 0 aromatic carbocycles. The lowest BCUT2D eigenvalue weighted by Crippen LogP contribution is -2.32. The molecule has 0 aliphatic heterocycles. The number of carbonyl (C=O) groups is 1. The van der Waals surface area contributed by atoms with E-state index in [9.17, 15) is 9.90 Å². The monoisotopic (exact) mass is 164 g/mol. The van der Waals surface area contributed by atoms with Crippen LogP contribution in [-0.4, -0.2) is 17.0 Å². The Hall–Kier alpha value is -0.890. The third-order valence-corrected chi connectivity index (χ3v) is 2.65. The summed E-state index contributed by atoms with van der Waals surface area (Å²) in [4.78, 5) is 11.4. The van der Waals surface area contributed by atoms with Crippen LogP contribution < -0.4 is 0 Å². The fraction of sp³-hybridized carbons (Fsp3) is 0.500. The molecule has 0 spiro atoms. The highest BCUT2D eigenvalue weighted by Crippen LogP contribution is 2.32. The van der Waals surface area contributed by atoms with Crippen LogP contribution in [-0.2, 0) is 4.79 Å². The number of hydrogen-bond acceptors (Lipinski definition) is 2. The standard InChI is InChI=1S/C10H12O2/c11-9-5-6-10(12)8-4-2-1-3-7(8)9/h1-3,8,10,12H,4-6H2. The normalized spacial score (nSPS) is 34.4. The maximum Gasteiger partial charge on any atom is 0.159 e. The Morgan fingerprint density at radius 3 is 3.08 bits per heavy atom. The van der Waals surface area contributed by atoms with Crippen LogP contribution in [0.2, 0.25) is 0 Å². The van der Waals surface area contributed by atoms with E-state index in [0.717, 1.165) is 12.0 Å². The van der Waals surface area contributed by atoms with E-state index in [1.807, 2.05) is 18.2 Å². The molecule has 0 bridgehead atoms. The smallest absolute Gasteiger partial charge is 0.159 e. The van der Waals surface area contributed by atoms with Crippen molar-refractivity contribution in [1.29, 1.82) is 0 Å². The zero-order valence-electron chi connectivity index (χ0n) is 6.86. The zero-order valence-corrected chi connectivity index (χ0v) is 6.86. The van der Waals surface area contributed by atoms with Gasteiger partial charge in [0.15, 0.2) is 5.78 Å². The largest absolute Gasteiger partial charge is 0.392 e. The second kappa shape index (κ2) is 2.87. The van der Waals surface area contributed by atoms with Gasteiger partial charge in [0.1, 0.15) is 0 Å². The Kier molecular flexibility index (Phi) is 1.85. The number of fused-ring (bicyclic) bond motifs is 1. The maximum atomic E-state index is 11.4. The molecule has 0 heterocycles. The lowest BCUT2D eigenvalue weighted by atomic mass is 9.77. The molecule has 2 rings (SSSR count). The van der Waals surface area contributed by atoms with Crippen molar-refractivity contribution in [1.82, 2.24) is 0 Å². The second-order valence-electron chi connectivity index (χ2n) is 3.42. The van der Waals surface area contributed by atoms with Crippen molar-refractivity contribution in [3.63, 3.8) is 0 Å². The van der Waals surface area contributed by atoms with E-state index in [2.05, 4.69) is 0 Å². The molecule has 0 aromatic rings. The highest BCUT2D eigenvalue weighted by molar-refractivity contribution is 5.97. The van der Waals surface area contributed by atoms with E-state index in [0.29, 0.717) is 12.8 Å². The summed E-state index contributed by atoms with van der Waals surface area (Å²) in [5.74, 6) is 0.297. The Labute approximate surface area is 71.6 Å². The molecular formula is C10H12O2. The van der Waals surface area contributed by atoms with Gasteiger partial charge in [-0.2, -0.15) is 0 Å². The molecule has 1 N–H and O–H groups in total. The van der Waals surface area contributed by atoms with Crippen LogP contribution in [0.25, 0.3) is 0 Å². The molecule has 64 valence electrons. The molecule has 2 heteroatoms. The first-order valence-corrected chi connectivity index (χ1v) is 4.37. The van der Waals surface area contributed by atoms with Gasteiger partial charge in [-0.3, -0.25) is 4.79 Å². The van der Waals surface area contributed by atoms with Gasteiger partial charge in [-0.25, -0.2) is 0 Å². The van der Waals surface area contributed by atoms with Crippen LogP contribution in [0.3, 0.4) is 0 Å². The number of rotatable bonds is 0. The predicted molar refractivity (Wildman–Crippen MR) is 45.6 cm³/mol. The second-order valence-corrected chi connectivity index (χ2v) is 3.42. The SMILES string of the molecule is O=C1CCC(O)C2CC=CC=C12. The van der Waals surface area contributed by atoms with Crippen molar-refractivity contribution >= 4 is 5.78 Å². The maximum absolute atomic E-state index is 11.4. The molecule has 2 atom stereocenters. The van der Waals surface area contributed by atoms with Crippen LogP contribution in [0, 0.1) is 5.92 Å². The zero-order chi connectivity index (χ0) is 8.55. The summed E-state index contributed by atoms with van der Waals surface area (Å²) >= 11 is 0. The van der Waals surface area contributed by atoms with Crippen LogP contribution in [0.4, 0.5) is 0 Å². The van der Waals surface area contributed by atoms with Gasteiger partial charge in [0.25, 0.3) is 0 Å². The van der Waals surface area contributed by atoms with Crippen LogP contribution >= 0.6 is 0 Å². The molecule has 0 radical (unpaired) electrons. The summed E-state index contributed by atoms with van der Waals surface area (Å²) in [5, 5.41) is 9.60. The van der Waals surface area contributed by atoms with Gasteiger partial charge in [0.2, 0.25) is 0 Å². The van der Waals surface area contributed by atoms with E-state index in [4.69, 9.17) is 0 Å². The van der Waals surface area contributed by atoms with Crippen molar-refractivity contribution in [3.05, 3.63) is 23.8 Å². The van der Waals surface area contributed by atoms with Crippen molar-refractivity contribution in [2.45, 2.75) is 25.4 Å². The Balaban J connectivity index is 2.29. The lowest BCUT2D eigenvalue weighted by molar-refractivity contribution is -0.119. The molecule has 1 saturated carbocycles. The summed E-state index contributed by atoms with van der Waals surface area (Å²) in [6, 6.07) is 0. The minimum absolute atomic E-state index is 0.0799. The number of aliphatic hydroxyl groups is 1. The fourth-order valence-electron chi connectivity index (χ4n) is 1.94. The van der Waals surface area contributed by atoms with Gasteiger partial charge in [-0.05, 0) is 12.8 Å².